The van der Waals surface area contributed by atoms with Crippen molar-refractivity contribution in [2.45, 2.75) is 51.7 Å². The first-order chi connectivity index (χ1) is 10.2. The van der Waals surface area contributed by atoms with Crippen molar-refractivity contribution in [2.24, 2.45) is 0 Å². The molecule has 0 bridgehead atoms. The number of nitrogens with zero attached hydrogens (tertiary/aromatic N) is 1. The van der Waals surface area contributed by atoms with Crippen molar-refractivity contribution < 1.29 is 19.4 Å². The van der Waals surface area contributed by atoms with Crippen LogP contribution in [0.3, 0.4) is 0 Å². The quantitative estimate of drug-likeness (QED) is 0.909. The third-order valence-corrected chi connectivity index (χ3v) is 3.94. The van der Waals surface area contributed by atoms with E-state index in [0.717, 1.165) is 5.56 Å². The highest BCUT2D eigenvalue weighted by Crippen LogP contribution is 2.42. The largest absolute Gasteiger partial charge is 0.497 e. The Morgan fingerprint density at radius 1 is 1.41 bits per heavy atom. The van der Waals surface area contributed by atoms with Crippen LogP contribution in [0.5, 0.6) is 5.75 Å². The van der Waals surface area contributed by atoms with Crippen LogP contribution in [0.2, 0.25) is 0 Å². The fourth-order valence-electron chi connectivity index (χ4n) is 2.68. The second-order valence-electron chi connectivity index (χ2n) is 6.65. The van der Waals surface area contributed by atoms with Gasteiger partial charge in [0.25, 0.3) is 0 Å². The van der Waals surface area contributed by atoms with Gasteiger partial charge in [-0.2, -0.15) is 0 Å². The first kappa shape index (κ1) is 16.6. The maximum absolute atomic E-state index is 12.5. The molecule has 0 radical (unpaired) electrons. The zero-order chi connectivity index (χ0) is 16.5. The van der Waals surface area contributed by atoms with Gasteiger partial charge in [0.1, 0.15) is 11.4 Å². The Labute approximate surface area is 131 Å². The molecule has 0 saturated heterocycles. The van der Waals surface area contributed by atoms with Crippen LogP contribution in [0.1, 0.15) is 46.1 Å². The average Bonchev–Trinajstić information content (AvgIpc) is 2.45. The van der Waals surface area contributed by atoms with E-state index in [4.69, 9.17) is 9.47 Å². The van der Waals surface area contributed by atoms with E-state index in [2.05, 4.69) is 0 Å². The molecule has 2 rings (SSSR count). The minimum Gasteiger partial charge on any atom is -0.497 e. The SMILES string of the molecule is CC[C@@]1(O)CCN(C(=O)OC(C)(C)C)c2cc(OC)ccc21. The normalized spacial score (nSPS) is 21.3. The molecule has 1 amide bonds. The molecule has 1 atom stereocenters. The summed E-state index contributed by atoms with van der Waals surface area (Å²) in [5, 5.41) is 10.8. The van der Waals surface area contributed by atoms with E-state index < -0.39 is 17.3 Å². The van der Waals surface area contributed by atoms with E-state index >= 15 is 0 Å². The van der Waals surface area contributed by atoms with Crippen molar-refractivity contribution in [3.8, 4) is 5.75 Å². The number of fused-ring (bicyclic) bond motifs is 1. The van der Waals surface area contributed by atoms with Crippen LogP contribution >= 0.6 is 0 Å². The Morgan fingerprint density at radius 2 is 2.09 bits per heavy atom. The van der Waals surface area contributed by atoms with Crippen LogP contribution in [-0.4, -0.2) is 30.5 Å². The molecule has 0 aliphatic carbocycles. The Morgan fingerprint density at radius 3 is 2.64 bits per heavy atom. The molecule has 1 N–H and O–H groups in total. The molecule has 0 unspecified atom stereocenters. The van der Waals surface area contributed by atoms with Gasteiger partial charge in [-0.3, -0.25) is 4.90 Å². The van der Waals surface area contributed by atoms with E-state index in [1.165, 1.54) is 0 Å². The van der Waals surface area contributed by atoms with Crippen LogP contribution in [-0.2, 0) is 10.3 Å². The number of anilines is 1. The van der Waals surface area contributed by atoms with Crippen molar-refractivity contribution >= 4 is 11.8 Å². The molecular weight excluding hydrogens is 282 g/mol. The molecule has 0 spiro atoms. The first-order valence-electron chi connectivity index (χ1n) is 7.61. The number of ether oxygens (including phenoxy) is 2. The van der Waals surface area contributed by atoms with E-state index in [0.29, 0.717) is 30.8 Å². The molecule has 0 saturated carbocycles. The molecule has 1 aromatic rings. The molecule has 1 heterocycles. The second kappa shape index (κ2) is 5.80. The topological polar surface area (TPSA) is 59.0 Å². The summed E-state index contributed by atoms with van der Waals surface area (Å²) in [6.07, 6.45) is 0.677. The van der Waals surface area contributed by atoms with E-state index in [1.807, 2.05) is 33.8 Å². The van der Waals surface area contributed by atoms with E-state index in [9.17, 15) is 9.90 Å². The van der Waals surface area contributed by atoms with E-state index in [-0.39, 0.29) is 0 Å². The lowest BCUT2D eigenvalue weighted by atomic mass is 9.83. The first-order valence-corrected chi connectivity index (χ1v) is 7.61. The van der Waals surface area contributed by atoms with Crippen molar-refractivity contribution in [3.05, 3.63) is 23.8 Å². The standard InChI is InChI=1S/C17H25NO4/c1-6-17(20)9-10-18(15(19)22-16(2,3)4)14-11-12(21-5)7-8-13(14)17/h7-8,11,20H,6,9-10H2,1-5H3/t17-/m1/s1. The van der Waals surface area contributed by atoms with Gasteiger partial charge in [0.15, 0.2) is 0 Å². The Bertz CT molecular complexity index is 564. The fraction of sp³-hybridized carbons (Fsp3) is 0.588. The smallest absolute Gasteiger partial charge is 0.414 e. The number of hydrogen-bond acceptors (Lipinski definition) is 4. The molecule has 1 aromatic carbocycles. The zero-order valence-corrected chi connectivity index (χ0v) is 14.0. The number of aliphatic hydroxyl groups is 1. The molecular formula is C17H25NO4. The predicted octanol–water partition coefficient (Wildman–Crippen LogP) is 3.44. The predicted molar refractivity (Wildman–Crippen MR) is 85.4 cm³/mol. The average molecular weight is 307 g/mol. The number of benzene rings is 1. The summed E-state index contributed by atoms with van der Waals surface area (Å²) in [5.74, 6) is 0.646. The lowest BCUT2D eigenvalue weighted by Gasteiger charge is -2.40. The fourth-order valence-corrected chi connectivity index (χ4v) is 2.68. The molecule has 5 nitrogen and oxygen atoms in total. The van der Waals surface area contributed by atoms with Crippen LogP contribution in [0.15, 0.2) is 18.2 Å². The van der Waals surface area contributed by atoms with Gasteiger partial charge in [-0.05, 0) is 39.7 Å². The second-order valence-corrected chi connectivity index (χ2v) is 6.65. The maximum Gasteiger partial charge on any atom is 0.414 e. The number of amides is 1. The number of carbonyl (C=O) groups excluding carboxylic acids is 1. The van der Waals surface area contributed by atoms with Crippen molar-refractivity contribution in [3.63, 3.8) is 0 Å². The van der Waals surface area contributed by atoms with Gasteiger partial charge in [-0.15, -0.1) is 0 Å². The summed E-state index contributed by atoms with van der Waals surface area (Å²) in [4.78, 5) is 14.0. The number of carbonyl (C=O) groups is 1. The van der Waals surface area contributed by atoms with E-state index in [1.54, 1.807) is 24.1 Å². The lowest BCUT2D eigenvalue weighted by molar-refractivity contribution is 0.0183. The number of methoxy groups -OCH3 is 1. The monoisotopic (exact) mass is 307 g/mol. The van der Waals surface area contributed by atoms with Crippen LogP contribution in [0.4, 0.5) is 10.5 Å². The summed E-state index contributed by atoms with van der Waals surface area (Å²) in [6.45, 7) is 7.87. The van der Waals surface area contributed by atoms with Gasteiger partial charge in [-0.25, -0.2) is 4.79 Å². The molecule has 0 fully saturated rings. The molecule has 1 aliphatic heterocycles. The number of rotatable bonds is 2. The van der Waals surface area contributed by atoms with Gasteiger partial charge >= 0.3 is 6.09 Å². The Hall–Kier alpha value is -1.75. The lowest BCUT2D eigenvalue weighted by Crippen LogP contribution is -2.45. The minimum absolute atomic E-state index is 0.403. The van der Waals surface area contributed by atoms with Gasteiger partial charge in [-0.1, -0.05) is 13.0 Å². The van der Waals surface area contributed by atoms with Gasteiger partial charge in [0.2, 0.25) is 0 Å². The Balaban J connectivity index is 2.44. The highest BCUT2D eigenvalue weighted by Gasteiger charge is 2.39. The third-order valence-electron chi connectivity index (χ3n) is 3.94. The summed E-state index contributed by atoms with van der Waals surface area (Å²) in [6, 6.07) is 5.41. The highest BCUT2D eigenvalue weighted by atomic mass is 16.6. The zero-order valence-electron chi connectivity index (χ0n) is 14.0. The van der Waals surface area contributed by atoms with Crippen molar-refractivity contribution in [1.82, 2.24) is 0 Å². The van der Waals surface area contributed by atoms with Gasteiger partial charge in [0, 0.05) is 18.2 Å². The minimum atomic E-state index is -0.917. The molecule has 1 aliphatic rings. The number of hydrogen-bond donors (Lipinski definition) is 1. The molecule has 22 heavy (non-hydrogen) atoms. The van der Waals surface area contributed by atoms with Crippen molar-refractivity contribution in [1.29, 1.82) is 0 Å². The molecule has 5 heteroatoms. The summed E-state index contributed by atoms with van der Waals surface area (Å²) >= 11 is 0. The summed E-state index contributed by atoms with van der Waals surface area (Å²) in [7, 11) is 1.58. The van der Waals surface area contributed by atoms with Gasteiger partial charge in [0.05, 0.1) is 18.4 Å². The van der Waals surface area contributed by atoms with Gasteiger partial charge < -0.3 is 14.6 Å². The van der Waals surface area contributed by atoms with Crippen LogP contribution in [0.25, 0.3) is 0 Å². The summed E-state index contributed by atoms with van der Waals surface area (Å²) < 4.78 is 10.7. The molecule has 122 valence electrons. The van der Waals surface area contributed by atoms with Crippen molar-refractivity contribution in [2.75, 3.05) is 18.6 Å². The van der Waals surface area contributed by atoms with Crippen LogP contribution < -0.4 is 9.64 Å². The molecule has 0 aromatic heterocycles. The highest BCUT2D eigenvalue weighted by molar-refractivity contribution is 5.90. The third kappa shape index (κ3) is 3.19. The summed E-state index contributed by atoms with van der Waals surface area (Å²) in [5.41, 5.74) is -0.0773. The van der Waals surface area contributed by atoms with Crippen LogP contribution in [0, 0.1) is 0 Å². The maximum atomic E-state index is 12.5. The Kier molecular flexibility index (Phi) is 4.38.